The van der Waals surface area contributed by atoms with E-state index in [4.69, 9.17) is 4.42 Å². The Hall–Kier alpha value is -3.32. The van der Waals surface area contributed by atoms with Crippen LogP contribution in [0.5, 0.6) is 0 Å². The van der Waals surface area contributed by atoms with Gasteiger partial charge in [0.25, 0.3) is 0 Å². The molecule has 0 atom stereocenters. The zero-order valence-corrected chi connectivity index (χ0v) is 16.5. The molecule has 0 fully saturated rings. The van der Waals surface area contributed by atoms with E-state index in [-0.39, 0.29) is 5.41 Å². The van der Waals surface area contributed by atoms with Gasteiger partial charge in [-0.2, -0.15) is 0 Å². The van der Waals surface area contributed by atoms with Gasteiger partial charge >= 0.3 is 0 Å². The van der Waals surface area contributed by atoms with Crippen LogP contribution in [0.2, 0.25) is 0 Å². The molecule has 0 radical (unpaired) electrons. The normalized spacial score (nSPS) is 15.4. The summed E-state index contributed by atoms with van der Waals surface area (Å²) in [6.45, 7) is 4.69. The molecule has 1 heterocycles. The zero-order valence-electron chi connectivity index (χ0n) is 16.5. The van der Waals surface area contributed by atoms with Crippen molar-refractivity contribution in [3.8, 4) is 22.3 Å². The molecule has 1 heteroatoms. The van der Waals surface area contributed by atoms with E-state index in [0.717, 1.165) is 17.6 Å². The van der Waals surface area contributed by atoms with Gasteiger partial charge in [0.15, 0.2) is 0 Å². The largest absolute Gasteiger partial charge is 0.456 e. The Balaban J connectivity index is 1.60. The minimum atomic E-state index is -0.0815. The second kappa shape index (κ2) is 4.99. The van der Waals surface area contributed by atoms with Crippen LogP contribution in [0.3, 0.4) is 0 Å². The van der Waals surface area contributed by atoms with Crippen LogP contribution in [-0.4, -0.2) is 0 Å². The lowest BCUT2D eigenvalue weighted by molar-refractivity contribution is 0.620. The zero-order chi connectivity index (χ0) is 19.3. The maximum Gasteiger partial charge on any atom is 0.140 e. The van der Waals surface area contributed by atoms with E-state index in [9.17, 15) is 0 Å². The van der Waals surface area contributed by atoms with Crippen LogP contribution in [0, 0.1) is 0 Å². The summed E-state index contributed by atoms with van der Waals surface area (Å²) < 4.78 is 6.44. The van der Waals surface area contributed by atoms with Crippen molar-refractivity contribution < 1.29 is 4.42 Å². The van der Waals surface area contributed by atoms with E-state index in [1.54, 1.807) is 0 Å². The predicted octanol–water partition coefficient (Wildman–Crippen LogP) is 7.46. The van der Waals surface area contributed by atoms with Crippen molar-refractivity contribution in [3.05, 3.63) is 95.1 Å². The fourth-order valence-corrected chi connectivity index (χ4v) is 5.79. The molecule has 0 spiro atoms. The Kier molecular flexibility index (Phi) is 2.68. The van der Waals surface area contributed by atoms with E-state index in [1.165, 1.54) is 55.3 Å². The fourth-order valence-electron chi connectivity index (χ4n) is 5.79. The number of hydrogen-bond acceptors (Lipinski definition) is 1. The maximum absolute atomic E-state index is 6.44. The Morgan fingerprint density at radius 3 is 2.45 bits per heavy atom. The molecular formula is C28H20O. The first-order chi connectivity index (χ1) is 14.1. The average molecular weight is 372 g/mol. The SMILES string of the molecule is CC1(C)c2ccc3c(c2-c2ccc4c(oc5ccccc54)c21)Cc1ccccc1-3. The summed E-state index contributed by atoms with van der Waals surface area (Å²) in [4.78, 5) is 0. The van der Waals surface area contributed by atoms with E-state index < -0.39 is 0 Å². The summed E-state index contributed by atoms with van der Waals surface area (Å²) in [6, 6.07) is 26.5. The summed E-state index contributed by atoms with van der Waals surface area (Å²) in [5, 5.41) is 2.43. The van der Waals surface area contributed by atoms with Crippen LogP contribution < -0.4 is 0 Å². The predicted molar refractivity (Wildman–Crippen MR) is 120 cm³/mol. The van der Waals surface area contributed by atoms with Gasteiger partial charge in [-0.1, -0.05) is 74.5 Å². The third-order valence-electron chi connectivity index (χ3n) is 7.10. The van der Waals surface area contributed by atoms with Gasteiger partial charge < -0.3 is 4.42 Å². The first-order valence-electron chi connectivity index (χ1n) is 10.3. The lowest BCUT2D eigenvalue weighted by Gasteiger charge is -2.22. The van der Waals surface area contributed by atoms with Crippen molar-refractivity contribution in [2.24, 2.45) is 0 Å². The maximum atomic E-state index is 6.44. The molecule has 0 aliphatic heterocycles. The van der Waals surface area contributed by atoms with Crippen LogP contribution in [0.25, 0.3) is 44.2 Å². The molecule has 2 aliphatic carbocycles. The van der Waals surface area contributed by atoms with Gasteiger partial charge in [-0.15, -0.1) is 0 Å². The van der Waals surface area contributed by atoms with Crippen LogP contribution in [-0.2, 0) is 11.8 Å². The first-order valence-corrected chi connectivity index (χ1v) is 10.3. The second-order valence-electron chi connectivity index (χ2n) is 8.94. The van der Waals surface area contributed by atoms with E-state index >= 15 is 0 Å². The highest BCUT2D eigenvalue weighted by Gasteiger charge is 2.41. The number of para-hydroxylation sites is 1. The summed E-state index contributed by atoms with van der Waals surface area (Å²) in [7, 11) is 0. The van der Waals surface area contributed by atoms with E-state index in [1.807, 2.05) is 0 Å². The van der Waals surface area contributed by atoms with Gasteiger partial charge in [-0.25, -0.2) is 0 Å². The smallest absolute Gasteiger partial charge is 0.140 e. The molecule has 0 saturated heterocycles. The van der Waals surface area contributed by atoms with Gasteiger partial charge in [0.2, 0.25) is 0 Å². The van der Waals surface area contributed by atoms with Crippen molar-refractivity contribution in [1.82, 2.24) is 0 Å². The van der Waals surface area contributed by atoms with Crippen LogP contribution in [0.4, 0.5) is 0 Å². The summed E-state index contributed by atoms with van der Waals surface area (Å²) in [6.07, 6.45) is 1.02. The highest BCUT2D eigenvalue weighted by Crippen LogP contribution is 2.56. The molecule has 4 aromatic carbocycles. The number of rotatable bonds is 0. The van der Waals surface area contributed by atoms with Gasteiger partial charge in [0.05, 0.1) is 0 Å². The molecular weight excluding hydrogens is 352 g/mol. The molecule has 0 amide bonds. The standard InChI is InChI=1S/C28H20O/c1-28(2)23-14-13-18-17-8-4-3-7-16(17)15-22(18)25(23)21-12-11-20-19-9-5-6-10-24(19)29-27(20)26(21)28/h3-14H,15H2,1-2H3. The lowest BCUT2D eigenvalue weighted by atomic mass is 9.81. The summed E-state index contributed by atoms with van der Waals surface area (Å²) in [5.41, 5.74) is 13.2. The Labute approximate surface area is 169 Å². The molecule has 0 saturated carbocycles. The molecule has 2 aliphatic rings. The first kappa shape index (κ1) is 15.6. The van der Waals surface area contributed by atoms with Crippen LogP contribution in [0.1, 0.15) is 36.1 Å². The van der Waals surface area contributed by atoms with Crippen molar-refractivity contribution in [2.75, 3.05) is 0 Å². The van der Waals surface area contributed by atoms with Crippen molar-refractivity contribution >= 4 is 21.9 Å². The quantitative estimate of drug-likeness (QED) is 0.270. The van der Waals surface area contributed by atoms with Crippen molar-refractivity contribution in [2.45, 2.75) is 25.7 Å². The monoisotopic (exact) mass is 372 g/mol. The highest BCUT2D eigenvalue weighted by atomic mass is 16.3. The number of fused-ring (bicyclic) bond motifs is 11. The second-order valence-corrected chi connectivity index (χ2v) is 8.94. The molecule has 29 heavy (non-hydrogen) atoms. The Morgan fingerprint density at radius 2 is 1.52 bits per heavy atom. The van der Waals surface area contributed by atoms with Crippen molar-refractivity contribution in [3.63, 3.8) is 0 Å². The van der Waals surface area contributed by atoms with Gasteiger partial charge in [-0.05, 0) is 57.5 Å². The van der Waals surface area contributed by atoms with E-state index in [2.05, 4.69) is 86.6 Å². The minimum Gasteiger partial charge on any atom is -0.456 e. The molecule has 0 N–H and O–H groups in total. The van der Waals surface area contributed by atoms with Gasteiger partial charge in [-0.3, -0.25) is 0 Å². The van der Waals surface area contributed by atoms with Crippen LogP contribution >= 0.6 is 0 Å². The molecule has 0 bridgehead atoms. The fraction of sp³-hybridized carbons (Fsp3) is 0.143. The van der Waals surface area contributed by atoms with Gasteiger partial charge in [0, 0.05) is 21.8 Å². The molecule has 5 aromatic rings. The molecule has 7 rings (SSSR count). The minimum absolute atomic E-state index is 0.0815. The Morgan fingerprint density at radius 1 is 0.724 bits per heavy atom. The number of hydrogen-bond donors (Lipinski definition) is 0. The Bertz CT molecular complexity index is 1500. The van der Waals surface area contributed by atoms with Crippen LogP contribution in [0.15, 0.2) is 77.2 Å². The lowest BCUT2D eigenvalue weighted by Crippen LogP contribution is -2.15. The third kappa shape index (κ3) is 1.77. The van der Waals surface area contributed by atoms with Gasteiger partial charge in [0.1, 0.15) is 11.2 Å². The summed E-state index contributed by atoms with van der Waals surface area (Å²) >= 11 is 0. The molecule has 1 nitrogen and oxygen atoms in total. The summed E-state index contributed by atoms with van der Waals surface area (Å²) in [5.74, 6) is 0. The molecule has 0 unspecified atom stereocenters. The average Bonchev–Trinajstić information content (AvgIpc) is 3.36. The number of benzene rings is 4. The van der Waals surface area contributed by atoms with Crippen molar-refractivity contribution in [1.29, 1.82) is 0 Å². The van der Waals surface area contributed by atoms with E-state index in [0.29, 0.717) is 0 Å². The highest BCUT2D eigenvalue weighted by molar-refractivity contribution is 6.09. The number of furan rings is 1. The topological polar surface area (TPSA) is 13.1 Å². The molecule has 1 aromatic heterocycles. The molecule has 138 valence electrons. The third-order valence-corrected chi connectivity index (χ3v) is 7.10.